The largest absolute Gasteiger partial charge is 0.294 e. The van der Waals surface area contributed by atoms with Crippen LogP contribution in [0.5, 0.6) is 0 Å². The molecule has 0 saturated heterocycles. The Kier molecular flexibility index (Phi) is 2.71. The number of nitrogens with zero attached hydrogens (tertiary/aromatic N) is 3. The zero-order valence-electron chi connectivity index (χ0n) is 10.8. The third kappa shape index (κ3) is 2.17. The van der Waals surface area contributed by atoms with Crippen LogP contribution in [-0.4, -0.2) is 21.5 Å². The number of pyridine rings is 2. The summed E-state index contributed by atoms with van der Waals surface area (Å²) in [7, 11) is 0. The van der Waals surface area contributed by atoms with Crippen molar-refractivity contribution in [3.63, 3.8) is 0 Å². The minimum absolute atomic E-state index is 0.0673. The lowest BCUT2D eigenvalue weighted by Crippen LogP contribution is -2.15. The molecule has 0 aromatic carbocycles. The van der Waals surface area contributed by atoms with Crippen LogP contribution in [0.2, 0.25) is 0 Å². The van der Waals surface area contributed by atoms with Crippen LogP contribution in [0.1, 0.15) is 33.5 Å². The van der Waals surface area contributed by atoms with Gasteiger partial charge in [0.2, 0.25) is 0 Å². The van der Waals surface area contributed by atoms with E-state index in [0.29, 0.717) is 17.8 Å². The van der Waals surface area contributed by atoms with Crippen molar-refractivity contribution in [1.82, 2.24) is 9.97 Å². The number of carbonyl (C=O) groups excluding carboxylic acids is 1. The Balaban J connectivity index is 2.11. The molecule has 0 amide bonds. The molecule has 0 fully saturated rings. The number of hydrogen-bond acceptors (Lipinski definition) is 4. The van der Waals surface area contributed by atoms with Gasteiger partial charge in [0.25, 0.3) is 0 Å². The number of aromatic nitrogens is 2. The zero-order chi connectivity index (χ0) is 13.4. The second kappa shape index (κ2) is 4.39. The molecule has 0 atom stereocenters. The van der Waals surface area contributed by atoms with Gasteiger partial charge in [0.1, 0.15) is 0 Å². The normalized spacial score (nSPS) is 14.0. The van der Waals surface area contributed by atoms with Crippen molar-refractivity contribution in [2.45, 2.75) is 20.3 Å². The Morgan fingerprint density at radius 3 is 2.63 bits per heavy atom. The van der Waals surface area contributed by atoms with E-state index in [1.54, 1.807) is 18.6 Å². The standard InChI is InChI=1S/C15H13N3O/c1-9-3-11(8-16-6-9)13-5-14(19)12-4-10(2)7-17-15(12)18-13/h3-4,6-8H,5H2,1-2H3. The first kappa shape index (κ1) is 11.7. The molecule has 0 saturated carbocycles. The van der Waals surface area contributed by atoms with Crippen LogP contribution in [0.4, 0.5) is 5.82 Å². The van der Waals surface area contributed by atoms with E-state index in [2.05, 4.69) is 15.0 Å². The van der Waals surface area contributed by atoms with Crippen LogP contribution in [-0.2, 0) is 0 Å². The molecular formula is C15H13N3O. The van der Waals surface area contributed by atoms with Gasteiger partial charge < -0.3 is 0 Å². The topological polar surface area (TPSA) is 55.2 Å². The van der Waals surface area contributed by atoms with Gasteiger partial charge in [-0.1, -0.05) is 0 Å². The number of rotatable bonds is 1. The number of carbonyl (C=O) groups is 1. The van der Waals surface area contributed by atoms with Gasteiger partial charge in [-0.15, -0.1) is 0 Å². The number of hydrogen-bond donors (Lipinski definition) is 0. The summed E-state index contributed by atoms with van der Waals surface area (Å²) in [6.07, 6.45) is 5.55. The minimum Gasteiger partial charge on any atom is -0.294 e. The van der Waals surface area contributed by atoms with E-state index in [1.165, 1.54) is 0 Å². The Morgan fingerprint density at radius 2 is 1.84 bits per heavy atom. The highest BCUT2D eigenvalue weighted by atomic mass is 16.1. The molecule has 0 N–H and O–H groups in total. The summed E-state index contributed by atoms with van der Waals surface area (Å²) in [6, 6.07) is 3.83. The predicted molar refractivity (Wildman–Crippen MR) is 73.1 cm³/mol. The summed E-state index contributed by atoms with van der Waals surface area (Å²) < 4.78 is 0. The molecule has 0 spiro atoms. The number of ketones is 1. The summed E-state index contributed by atoms with van der Waals surface area (Å²) in [5.41, 5.74) is 4.27. The number of Topliss-reactive ketones (excluding diaryl/α,β-unsaturated/α-hetero) is 1. The van der Waals surface area contributed by atoms with Gasteiger partial charge in [-0.05, 0) is 37.1 Å². The van der Waals surface area contributed by atoms with E-state index < -0.39 is 0 Å². The molecule has 94 valence electrons. The Hall–Kier alpha value is -2.36. The van der Waals surface area contributed by atoms with E-state index in [1.807, 2.05) is 26.0 Å². The summed E-state index contributed by atoms with van der Waals surface area (Å²) in [5, 5.41) is 0. The maximum absolute atomic E-state index is 12.2. The predicted octanol–water partition coefficient (Wildman–Crippen LogP) is 2.80. The molecule has 0 aliphatic carbocycles. The number of aryl methyl sites for hydroxylation is 2. The fraction of sp³-hybridized carbons (Fsp3) is 0.200. The first-order valence-electron chi connectivity index (χ1n) is 6.13. The van der Waals surface area contributed by atoms with Gasteiger partial charge in [0.05, 0.1) is 17.7 Å². The van der Waals surface area contributed by atoms with Crippen molar-refractivity contribution in [2.24, 2.45) is 4.99 Å². The van der Waals surface area contributed by atoms with E-state index in [9.17, 15) is 4.79 Å². The van der Waals surface area contributed by atoms with Gasteiger partial charge in [-0.25, -0.2) is 9.98 Å². The maximum atomic E-state index is 12.2. The van der Waals surface area contributed by atoms with Crippen LogP contribution >= 0.6 is 0 Å². The lowest BCUT2D eigenvalue weighted by atomic mass is 9.98. The van der Waals surface area contributed by atoms with Crippen LogP contribution in [0, 0.1) is 13.8 Å². The van der Waals surface area contributed by atoms with Crippen molar-refractivity contribution >= 4 is 17.3 Å². The fourth-order valence-corrected chi connectivity index (χ4v) is 2.15. The molecule has 3 heterocycles. The van der Waals surface area contributed by atoms with Gasteiger partial charge in [0.15, 0.2) is 11.6 Å². The van der Waals surface area contributed by atoms with E-state index in [-0.39, 0.29) is 5.78 Å². The molecule has 4 nitrogen and oxygen atoms in total. The molecule has 0 radical (unpaired) electrons. The quantitative estimate of drug-likeness (QED) is 0.783. The van der Waals surface area contributed by atoms with Crippen LogP contribution < -0.4 is 0 Å². The Labute approximate surface area is 111 Å². The third-order valence-corrected chi connectivity index (χ3v) is 3.08. The van der Waals surface area contributed by atoms with E-state index >= 15 is 0 Å². The van der Waals surface area contributed by atoms with Crippen LogP contribution in [0.25, 0.3) is 0 Å². The zero-order valence-corrected chi connectivity index (χ0v) is 10.8. The maximum Gasteiger partial charge on any atom is 0.172 e. The summed E-state index contributed by atoms with van der Waals surface area (Å²) >= 11 is 0. The van der Waals surface area contributed by atoms with Gasteiger partial charge >= 0.3 is 0 Å². The van der Waals surface area contributed by atoms with E-state index in [4.69, 9.17) is 0 Å². The molecule has 2 aromatic rings. The third-order valence-electron chi connectivity index (χ3n) is 3.08. The molecule has 1 aliphatic heterocycles. The molecule has 2 aromatic heterocycles. The highest BCUT2D eigenvalue weighted by Crippen LogP contribution is 2.26. The molecule has 1 aliphatic rings. The Morgan fingerprint density at radius 1 is 1.05 bits per heavy atom. The lowest BCUT2D eigenvalue weighted by molar-refractivity contribution is 0.0999. The van der Waals surface area contributed by atoms with Crippen molar-refractivity contribution in [1.29, 1.82) is 0 Å². The molecule has 0 unspecified atom stereocenters. The molecular weight excluding hydrogens is 238 g/mol. The number of aliphatic imine (C=N–C) groups is 1. The summed E-state index contributed by atoms with van der Waals surface area (Å²) in [4.78, 5) is 25.0. The van der Waals surface area contributed by atoms with E-state index in [0.717, 1.165) is 22.4 Å². The second-order valence-electron chi connectivity index (χ2n) is 4.79. The van der Waals surface area contributed by atoms with Crippen LogP contribution in [0.3, 0.4) is 0 Å². The molecule has 19 heavy (non-hydrogen) atoms. The highest BCUT2D eigenvalue weighted by Gasteiger charge is 2.22. The smallest absolute Gasteiger partial charge is 0.172 e. The molecule has 0 bridgehead atoms. The average Bonchev–Trinajstić information content (AvgIpc) is 2.39. The molecule has 4 heteroatoms. The van der Waals surface area contributed by atoms with Crippen molar-refractivity contribution in [3.05, 3.63) is 53.0 Å². The van der Waals surface area contributed by atoms with Crippen molar-refractivity contribution in [3.8, 4) is 0 Å². The van der Waals surface area contributed by atoms with Gasteiger partial charge in [-0.2, -0.15) is 0 Å². The van der Waals surface area contributed by atoms with Gasteiger partial charge in [-0.3, -0.25) is 9.78 Å². The second-order valence-corrected chi connectivity index (χ2v) is 4.79. The minimum atomic E-state index is 0.0673. The lowest BCUT2D eigenvalue weighted by Gasteiger charge is -2.14. The summed E-state index contributed by atoms with van der Waals surface area (Å²) in [5.74, 6) is 0.580. The monoisotopic (exact) mass is 251 g/mol. The first-order chi connectivity index (χ1) is 9.13. The summed E-state index contributed by atoms with van der Waals surface area (Å²) in [6.45, 7) is 3.89. The highest BCUT2D eigenvalue weighted by molar-refractivity contribution is 6.20. The van der Waals surface area contributed by atoms with Gasteiger partial charge in [0, 0.05) is 24.2 Å². The SMILES string of the molecule is Cc1cncc(C2=Nc3ncc(C)cc3C(=O)C2)c1. The molecule has 3 rings (SSSR count). The number of fused-ring (bicyclic) bond motifs is 1. The first-order valence-corrected chi connectivity index (χ1v) is 6.13. The van der Waals surface area contributed by atoms with Crippen LogP contribution in [0.15, 0.2) is 35.7 Å². The van der Waals surface area contributed by atoms with Crippen molar-refractivity contribution in [2.75, 3.05) is 0 Å². The fourth-order valence-electron chi connectivity index (χ4n) is 2.15. The average molecular weight is 251 g/mol. The Bertz CT molecular complexity index is 704. The van der Waals surface area contributed by atoms with Crippen molar-refractivity contribution < 1.29 is 4.79 Å².